The highest BCUT2D eigenvalue weighted by molar-refractivity contribution is 7.80. The first-order valence-corrected chi connectivity index (χ1v) is 7.98. The summed E-state index contributed by atoms with van der Waals surface area (Å²) in [6.45, 7) is 7.63. The first-order chi connectivity index (χ1) is 10.4. The highest BCUT2D eigenvalue weighted by Gasteiger charge is 2.37. The van der Waals surface area contributed by atoms with E-state index >= 15 is 0 Å². The van der Waals surface area contributed by atoms with Gasteiger partial charge in [0.15, 0.2) is 5.11 Å². The Morgan fingerprint density at radius 1 is 1.36 bits per heavy atom. The Bertz CT molecular complexity index is 593. The van der Waals surface area contributed by atoms with E-state index < -0.39 is 5.92 Å². The summed E-state index contributed by atoms with van der Waals surface area (Å²) in [5, 5.41) is 3.56. The fourth-order valence-electron chi connectivity index (χ4n) is 2.57. The second-order valence-corrected chi connectivity index (χ2v) is 6.13. The van der Waals surface area contributed by atoms with Gasteiger partial charge >= 0.3 is 5.97 Å². The number of hydrogen-bond donors (Lipinski definition) is 1. The van der Waals surface area contributed by atoms with Crippen molar-refractivity contribution in [3.63, 3.8) is 0 Å². The van der Waals surface area contributed by atoms with Gasteiger partial charge in [-0.05, 0) is 50.5 Å². The number of nitrogens with zero attached hydrogens (tertiary/aromatic N) is 1. The van der Waals surface area contributed by atoms with Crippen LogP contribution in [0.1, 0.15) is 44.9 Å². The minimum absolute atomic E-state index is 0.155. The van der Waals surface area contributed by atoms with Crippen molar-refractivity contribution in [1.29, 1.82) is 0 Å². The molecule has 22 heavy (non-hydrogen) atoms. The largest absolute Gasteiger partial charge is 0.462 e. The van der Waals surface area contributed by atoms with E-state index in [2.05, 4.69) is 29.4 Å². The molecule has 2 unspecified atom stereocenters. The van der Waals surface area contributed by atoms with Crippen LogP contribution < -0.4 is 5.32 Å². The minimum atomic E-state index is -0.457. The molecule has 5 heteroatoms. The molecule has 1 N–H and O–H groups in total. The number of carbonyl (C=O) groups excluding carboxylic acids is 1. The molecule has 0 spiro atoms. The minimum Gasteiger partial charge on any atom is -0.462 e. The van der Waals surface area contributed by atoms with Gasteiger partial charge in [0, 0.05) is 5.71 Å². The van der Waals surface area contributed by atoms with Gasteiger partial charge in [-0.25, -0.2) is 4.99 Å². The smallest absolute Gasteiger partial charge is 0.317 e. The molecule has 0 fully saturated rings. The number of benzene rings is 1. The lowest BCUT2D eigenvalue weighted by Gasteiger charge is -2.31. The van der Waals surface area contributed by atoms with Gasteiger partial charge in [-0.1, -0.05) is 31.2 Å². The Morgan fingerprint density at radius 2 is 2.00 bits per heavy atom. The van der Waals surface area contributed by atoms with Crippen LogP contribution in [0.25, 0.3) is 0 Å². The predicted octanol–water partition coefficient (Wildman–Crippen LogP) is 3.21. The molecule has 2 rings (SSSR count). The van der Waals surface area contributed by atoms with E-state index in [9.17, 15) is 4.79 Å². The monoisotopic (exact) mass is 318 g/mol. The first-order valence-electron chi connectivity index (χ1n) is 7.57. The fourth-order valence-corrected chi connectivity index (χ4v) is 2.84. The van der Waals surface area contributed by atoms with E-state index in [0.29, 0.717) is 10.8 Å². The third-order valence-electron chi connectivity index (χ3n) is 3.69. The molecule has 118 valence electrons. The summed E-state index contributed by atoms with van der Waals surface area (Å²) in [6, 6.07) is 7.99. The molecule has 0 saturated carbocycles. The summed E-state index contributed by atoms with van der Waals surface area (Å²) < 4.78 is 5.39. The first kappa shape index (κ1) is 16.6. The van der Waals surface area contributed by atoms with E-state index in [1.54, 1.807) is 0 Å². The van der Waals surface area contributed by atoms with Crippen molar-refractivity contribution < 1.29 is 9.53 Å². The maximum atomic E-state index is 12.4. The molecule has 1 aliphatic heterocycles. The van der Waals surface area contributed by atoms with Crippen molar-refractivity contribution in [2.45, 2.75) is 46.3 Å². The lowest BCUT2D eigenvalue weighted by molar-refractivity contribution is -0.150. The molecule has 4 nitrogen and oxygen atoms in total. The van der Waals surface area contributed by atoms with Gasteiger partial charge in [0.05, 0.1) is 12.1 Å². The predicted molar refractivity (Wildman–Crippen MR) is 92.1 cm³/mol. The zero-order chi connectivity index (χ0) is 16.3. The molecule has 0 aromatic heterocycles. The summed E-state index contributed by atoms with van der Waals surface area (Å²) in [7, 11) is 0. The van der Waals surface area contributed by atoms with Crippen LogP contribution >= 0.6 is 12.2 Å². The number of hydrogen-bond acceptors (Lipinski definition) is 3. The molecule has 0 radical (unpaired) electrons. The van der Waals surface area contributed by atoms with E-state index in [1.165, 1.54) is 5.56 Å². The molecule has 1 aliphatic rings. The summed E-state index contributed by atoms with van der Waals surface area (Å²) in [5.74, 6) is -0.725. The van der Waals surface area contributed by atoms with Gasteiger partial charge in [0.25, 0.3) is 0 Å². The summed E-state index contributed by atoms with van der Waals surface area (Å²) in [4.78, 5) is 16.7. The Kier molecular flexibility index (Phi) is 5.29. The number of carbonyl (C=O) groups is 1. The number of aryl methyl sites for hydroxylation is 1. The number of aliphatic imine (C=N–C) groups is 1. The average molecular weight is 318 g/mol. The zero-order valence-electron chi connectivity index (χ0n) is 13.4. The van der Waals surface area contributed by atoms with E-state index in [4.69, 9.17) is 17.0 Å². The van der Waals surface area contributed by atoms with Gasteiger partial charge in [0.2, 0.25) is 0 Å². The van der Waals surface area contributed by atoms with Crippen molar-refractivity contribution in [3.8, 4) is 0 Å². The van der Waals surface area contributed by atoms with Crippen LogP contribution in [0.15, 0.2) is 29.3 Å². The lowest BCUT2D eigenvalue weighted by Crippen LogP contribution is -2.44. The molecule has 0 aliphatic carbocycles. The summed E-state index contributed by atoms with van der Waals surface area (Å²) >= 11 is 5.19. The molecule has 0 amide bonds. The van der Waals surface area contributed by atoms with Crippen LogP contribution in [0.3, 0.4) is 0 Å². The fraction of sp³-hybridized carbons (Fsp3) is 0.471. The lowest BCUT2D eigenvalue weighted by atomic mass is 9.88. The molecule has 1 heterocycles. The van der Waals surface area contributed by atoms with Gasteiger partial charge in [-0.15, -0.1) is 0 Å². The van der Waals surface area contributed by atoms with Crippen LogP contribution in [0.2, 0.25) is 0 Å². The number of rotatable bonds is 4. The maximum Gasteiger partial charge on any atom is 0.317 e. The van der Waals surface area contributed by atoms with Crippen LogP contribution in [-0.4, -0.2) is 22.9 Å². The van der Waals surface area contributed by atoms with Gasteiger partial charge in [0.1, 0.15) is 5.92 Å². The summed E-state index contributed by atoms with van der Waals surface area (Å²) in [6.07, 6.45) is 0.827. The summed E-state index contributed by atoms with van der Waals surface area (Å²) in [5.41, 5.74) is 2.97. The third-order valence-corrected chi connectivity index (χ3v) is 3.90. The van der Waals surface area contributed by atoms with E-state index in [-0.39, 0.29) is 18.1 Å². The van der Waals surface area contributed by atoms with Crippen LogP contribution in [0.4, 0.5) is 0 Å². The molecular formula is C17H22N2O2S. The van der Waals surface area contributed by atoms with Gasteiger partial charge in [-0.2, -0.15) is 0 Å². The molecule has 0 saturated heterocycles. The van der Waals surface area contributed by atoms with Gasteiger partial charge in [-0.3, -0.25) is 4.79 Å². The SMILES string of the molecule is CCc1ccc(C2NC(=S)N=C(C)C2C(=O)OC(C)C)cc1. The zero-order valence-corrected chi connectivity index (χ0v) is 14.2. The number of nitrogens with one attached hydrogen (secondary N) is 1. The van der Waals surface area contributed by atoms with Crippen molar-refractivity contribution >= 4 is 29.0 Å². The quantitative estimate of drug-likeness (QED) is 0.684. The second-order valence-electron chi connectivity index (χ2n) is 5.74. The van der Waals surface area contributed by atoms with Crippen molar-refractivity contribution in [1.82, 2.24) is 5.32 Å². The Labute approximate surface area is 137 Å². The van der Waals surface area contributed by atoms with Crippen molar-refractivity contribution in [3.05, 3.63) is 35.4 Å². The molecular weight excluding hydrogens is 296 g/mol. The van der Waals surface area contributed by atoms with Crippen molar-refractivity contribution in [2.75, 3.05) is 0 Å². The number of thiocarbonyl (C=S) groups is 1. The highest BCUT2D eigenvalue weighted by atomic mass is 32.1. The number of ether oxygens (including phenoxy) is 1. The highest BCUT2D eigenvalue weighted by Crippen LogP contribution is 2.28. The Morgan fingerprint density at radius 3 is 2.55 bits per heavy atom. The molecule has 1 aromatic carbocycles. The normalized spacial score (nSPS) is 21.3. The average Bonchev–Trinajstić information content (AvgIpc) is 2.45. The van der Waals surface area contributed by atoms with Crippen LogP contribution in [0.5, 0.6) is 0 Å². The van der Waals surface area contributed by atoms with Gasteiger partial charge < -0.3 is 10.1 Å². The second kappa shape index (κ2) is 7.01. The molecule has 2 atom stereocenters. The van der Waals surface area contributed by atoms with Crippen molar-refractivity contribution in [2.24, 2.45) is 10.9 Å². The third kappa shape index (κ3) is 3.71. The van der Waals surface area contributed by atoms with Crippen LogP contribution in [0, 0.1) is 5.92 Å². The number of esters is 1. The van der Waals surface area contributed by atoms with Crippen LogP contribution in [-0.2, 0) is 16.0 Å². The Balaban J connectivity index is 2.34. The standard InChI is InChI=1S/C17H22N2O2S/c1-5-12-6-8-13(9-7-12)15-14(16(20)21-10(2)3)11(4)18-17(22)19-15/h6-10,14-15H,5H2,1-4H3,(H,19,22). The van der Waals surface area contributed by atoms with E-state index in [1.807, 2.05) is 32.9 Å². The molecule has 0 bridgehead atoms. The molecule has 1 aromatic rings. The Hall–Kier alpha value is -1.75. The topological polar surface area (TPSA) is 50.7 Å². The van der Waals surface area contributed by atoms with E-state index in [0.717, 1.165) is 12.0 Å². The maximum absolute atomic E-state index is 12.4.